The van der Waals surface area contributed by atoms with Crippen molar-refractivity contribution < 1.29 is 14.9 Å². The van der Waals surface area contributed by atoms with Gasteiger partial charge in [-0.25, -0.2) is 0 Å². The molecule has 0 aromatic carbocycles. The molecule has 0 heterocycles. The lowest BCUT2D eigenvalue weighted by molar-refractivity contribution is -0.0863. The molecule has 4 aliphatic rings. The summed E-state index contributed by atoms with van der Waals surface area (Å²) in [6.45, 7) is 7.53. The lowest BCUT2D eigenvalue weighted by Gasteiger charge is -2.58. The van der Waals surface area contributed by atoms with Crippen LogP contribution >= 0.6 is 0 Å². The lowest BCUT2D eigenvalue weighted by Crippen LogP contribution is -2.50. The molecule has 0 bridgehead atoms. The molecule has 3 nitrogen and oxygen atoms in total. The molecule has 3 fully saturated rings. The molecule has 0 amide bonds. The molecule has 0 aromatic heterocycles. The number of aliphatic hydroxyl groups excluding tert-OH is 2. The van der Waals surface area contributed by atoms with Gasteiger partial charge >= 0.3 is 0 Å². The summed E-state index contributed by atoms with van der Waals surface area (Å²) >= 11 is 0. The average molecular weight is 391 g/mol. The highest BCUT2D eigenvalue weighted by Gasteiger charge is 2.59. The predicted octanol–water partition coefficient (Wildman–Crippen LogP) is 5.31. The lowest BCUT2D eigenvalue weighted by atomic mass is 9.47. The number of rotatable bonds is 5. The normalized spacial score (nSPS) is 47.5. The van der Waals surface area contributed by atoms with Crippen LogP contribution in [0.25, 0.3) is 0 Å². The van der Waals surface area contributed by atoms with Crippen molar-refractivity contribution in [1.29, 1.82) is 0 Å². The Bertz CT molecular complexity index is 601. The fourth-order valence-corrected chi connectivity index (χ4v) is 8.34. The largest absolute Gasteiger partial charge is 0.393 e. The summed E-state index contributed by atoms with van der Waals surface area (Å²) in [7, 11) is 1.60. The van der Waals surface area contributed by atoms with Crippen molar-refractivity contribution in [3.8, 4) is 0 Å². The Morgan fingerprint density at radius 3 is 2.64 bits per heavy atom. The van der Waals surface area contributed by atoms with Crippen LogP contribution in [0.1, 0.15) is 85.0 Å². The Morgan fingerprint density at radius 1 is 1.11 bits per heavy atom. The molecule has 4 rings (SSSR count). The number of fused-ring (bicyclic) bond motifs is 5. The van der Waals surface area contributed by atoms with E-state index in [0.29, 0.717) is 16.7 Å². The number of allylic oxidation sites excluding steroid dienone is 1. The van der Waals surface area contributed by atoms with E-state index in [1.54, 1.807) is 12.7 Å². The summed E-state index contributed by atoms with van der Waals surface area (Å²) < 4.78 is 5.07. The Hall–Kier alpha value is -0.380. The maximum atomic E-state index is 10.2. The summed E-state index contributed by atoms with van der Waals surface area (Å²) in [6, 6.07) is 0. The second kappa shape index (κ2) is 7.71. The van der Waals surface area contributed by atoms with E-state index in [0.717, 1.165) is 49.4 Å². The quantitative estimate of drug-likeness (QED) is 0.494. The maximum absolute atomic E-state index is 10.2. The highest BCUT2D eigenvalue weighted by Crippen LogP contribution is 2.67. The van der Waals surface area contributed by atoms with Crippen LogP contribution in [0.3, 0.4) is 0 Å². The van der Waals surface area contributed by atoms with Gasteiger partial charge in [0.15, 0.2) is 6.29 Å². The van der Waals surface area contributed by atoms with Gasteiger partial charge in [-0.05, 0) is 105 Å². The van der Waals surface area contributed by atoms with Crippen molar-refractivity contribution in [2.75, 3.05) is 7.11 Å². The monoisotopic (exact) mass is 390 g/mol. The fourth-order valence-electron chi connectivity index (χ4n) is 8.34. The maximum Gasteiger partial charge on any atom is 0.154 e. The molecule has 4 aliphatic carbocycles. The van der Waals surface area contributed by atoms with Crippen LogP contribution in [-0.4, -0.2) is 29.7 Å². The Morgan fingerprint density at radius 2 is 1.89 bits per heavy atom. The standard InChI is InChI=1S/C25H42O3/c1-16(5-10-23(27)28-4)20-8-9-21-19-7-6-17-15-18(26)11-13-24(17,2)22(19)12-14-25(20,21)3/h6,16,18-23,26-27H,5,7-15H2,1-4H3. The molecule has 28 heavy (non-hydrogen) atoms. The summed E-state index contributed by atoms with van der Waals surface area (Å²) in [5.41, 5.74) is 2.39. The zero-order valence-corrected chi connectivity index (χ0v) is 18.5. The third-order valence-electron chi connectivity index (χ3n) is 9.98. The second-order valence-electron chi connectivity index (χ2n) is 11.1. The molecule has 0 radical (unpaired) electrons. The van der Waals surface area contributed by atoms with Gasteiger partial charge in [0.1, 0.15) is 0 Å². The van der Waals surface area contributed by atoms with Crippen molar-refractivity contribution in [2.45, 2.75) is 97.4 Å². The summed E-state index contributed by atoms with van der Waals surface area (Å²) in [6.07, 6.45) is 13.5. The van der Waals surface area contributed by atoms with E-state index in [-0.39, 0.29) is 6.10 Å². The highest BCUT2D eigenvalue weighted by molar-refractivity contribution is 5.25. The molecule has 3 saturated carbocycles. The first kappa shape index (κ1) is 20.9. The molecule has 0 saturated heterocycles. The van der Waals surface area contributed by atoms with Gasteiger partial charge in [-0.2, -0.15) is 0 Å². The average Bonchev–Trinajstić information content (AvgIpc) is 3.03. The van der Waals surface area contributed by atoms with Gasteiger partial charge in [0.2, 0.25) is 0 Å². The summed E-state index contributed by atoms with van der Waals surface area (Å²) in [5, 5.41) is 20.0. The zero-order chi connectivity index (χ0) is 20.1. The smallest absolute Gasteiger partial charge is 0.154 e. The van der Waals surface area contributed by atoms with Crippen molar-refractivity contribution in [1.82, 2.24) is 0 Å². The first-order valence-electron chi connectivity index (χ1n) is 11.9. The summed E-state index contributed by atoms with van der Waals surface area (Å²) in [5.74, 6) is 3.96. The Balaban J connectivity index is 1.50. The van der Waals surface area contributed by atoms with E-state index < -0.39 is 6.29 Å². The van der Waals surface area contributed by atoms with Gasteiger partial charge in [0.25, 0.3) is 0 Å². The van der Waals surface area contributed by atoms with Crippen LogP contribution in [0.5, 0.6) is 0 Å². The molecule has 0 aliphatic heterocycles. The third-order valence-corrected chi connectivity index (χ3v) is 9.98. The molecule has 9 atom stereocenters. The Kier molecular flexibility index (Phi) is 5.74. The van der Waals surface area contributed by atoms with Crippen LogP contribution in [0.15, 0.2) is 11.6 Å². The van der Waals surface area contributed by atoms with Gasteiger partial charge < -0.3 is 14.9 Å². The van der Waals surface area contributed by atoms with Crippen molar-refractivity contribution in [3.05, 3.63) is 11.6 Å². The van der Waals surface area contributed by atoms with E-state index in [1.807, 2.05) is 0 Å². The molecular formula is C25H42O3. The van der Waals surface area contributed by atoms with Crippen molar-refractivity contribution >= 4 is 0 Å². The minimum atomic E-state index is -0.605. The molecule has 3 heteroatoms. The minimum absolute atomic E-state index is 0.108. The van der Waals surface area contributed by atoms with Crippen molar-refractivity contribution in [2.24, 2.45) is 40.4 Å². The molecule has 0 spiro atoms. The van der Waals surface area contributed by atoms with Gasteiger partial charge in [-0.1, -0.05) is 32.4 Å². The molecule has 160 valence electrons. The van der Waals surface area contributed by atoms with Gasteiger partial charge in [-0.3, -0.25) is 0 Å². The summed E-state index contributed by atoms with van der Waals surface area (Å²) in [4.78, 5) is 0. The number of aliphatic hydroxyl groups is 2. The van der Waals surface area contributed by atoms with E-state index in [9.17, 15) is 10.2 Å². The zero-order valence-electron chi connectivity index (χ0n) is 18.5. The van der Waals surface area contributed by atoms with Gasteiger partial charge in [0.05, 0.1) is 6.10 Å². The Labute approximate surface area is 171 Å². The number of hydrogen-bond acceptors (Lipinski definition) is 3. The third kappa shape index (κ3) is 3.30. The van der Waals surface area contributed by atoms with E-state index in [1.165, 1.54) is 38.5 Å². The van der Waals surface area contributed by atoms with Crippen LogP contribution in [0, 0.1) is 40.4 Å². The first-order chi connectivity index (χ1) is 13.3. The van der Waals surface area contributed by atoms with Gasteiger partial charge in [-0.15, -0.1) is 0 Å². The van der Waals surface area contributed by atoms with Crippen LogP contribution in [0.4, 0.5) is 0 Å². The minimum Gasteiger partial charge on any atom is -0.393 e. The van der Waals surface area contributed by atoms with Crippen molar-refractivity contribution in [3.63, 3.8) is 0 Å². The van der Waals surface area contributed by atoms with Crippen LogP contribution in [0.2, 0.25) is 0 Å². The topological polar surface area (TPSA) is 49.7 Å². The SMILES string of the molecule is COC(O)CCC(C)C1CCC2C3CC=C4CC(O)CCC4(C)C3CCC12C. The van der Waals surface area contributed by atoms with E-state index >= 15 is 0 Å². The fraction of sp³-hybridized carbons (Fsp3) is 0.920. The number of hydrogen-bond donors (Lipinski definition) is 2. The van der Waals surface area contributed by atoms with Crippen LogP contribution < -0.4 is 0 Å². The van der Waals surface area contributed by atoms with Gasteiger partial charge in [0, 0.05) is 7.11 Å². The molecule has 9 unspecified atom stereocenters. The molecule has 0 aromatic rings. The van der Waals surface area contributed by atoms with Crippen LogP contribution in [-0.2, 0) is 4.74 Å². The van der Waals surface area contributed by atoms with E-state index in [2.05, 4.69) is 26.8 Å². The number of ether oxygens (including phenoxy) is 1. The van der Waals surface area contributed by atoms with E-state index in [4.69, 9.17) is 4.74 Å². The number of methoxy groups -OCH3 is 1. The molecule has 2 N–H and O–H groups in total. The predicted molar refractivity (Wildman–Crippen MR) is 113 cm³/mol. The second-order valence-corrected chi connectivity index (χ2v) is 11.1. The highest BCUT2D eigenvalue weighted by atomic mass is 16.6. The molecular weight excluding hydrogens is 348 g/mol. The first-order valence-corrected chi connectivity index (χ1v) is 11.9.